The molecule has 1 saturated heterocycles. The van der Waals surface area contributed by atoms with Crippen molar-refractivity contribution in [3.63, 3.8) is 0 Å². The minimum Gasteiger partial charge on any atom is -0.481 e. The lowest BCUT2D eigenvalue weighted by molar-refractivity contribution is -0.144. The van der Waals surface area contributed by atoms with Gasteiger partial charge in [0.25, 0.3) is 5.91 Å². The van der Waals surface area contributed by atoms with Gasteiger partial charge in [0.2, 0.25) is 0 Å². The highest BCUT2D eigenvalue weighted by Crippen LogP contribution is 2.16. The fourth-order valence-corrected chi connectivity index (χ4v) is 1.80. The summed E-state index contributed by atoms with van der Waals surface area (Å²) < 4.78 is 5.31. The Morgan fingerprint density at radius 1 is 1.50 bits per heavy atom. The lowest BCUT2D eigenvalue weighted by Crippen LogP contribution is -2.44. The summed E-state index contributed by atoms with van der Waals surface area (Å²) in [6.07, 6.45) is 1.27. The molecule has 1 heterocycles. The van der Waals surface area contributed by atoms with E-state index in [0.29, 0.717) is 6.61 Å². The molecule has 0 spiro atoms. The van der Waals surface area contributed by atoms with Gasteiger partial charge < -0.3 is 14.7 Å². The molecule has 1 unspecified atom stereocenters. The van der Waals surface area contributed by atoms with Crippen LogP contribution in [0, 0.1) is 0 Å². The monoisotopic (exact) mass is 229 g/mol. The maximum atomic E-state index is 12.0. The zero-order valence-corrected chi connectivity index (χ0v) is 9.81. The van der Waals surface area contributed by atoms with E-state index in [0.717, 1.165) is 12.8 Å². The van der Waals surface area contributed by atoms with E-state index in [1.54, 1.807) is 4.90 Å². The van der Waals surface area contributed by atoms with Crippen molar-refractivity contribution in [2.24, 2.45) is 0 Å². The number of rotatable bonds is 5. The van der Waals surface area contributed by atoms with Crippen LogP contribution >= 0.6 is 0 Å². The second-order valence-electron chi connectivity index (χ2n) is 4.27. The summed E-state index contributed by atoms with van der Waals surface area (Å²) >= 11 is 0. The van der Waals surface area contributed by atoms with E-state index in [4.69, 9.17) is 9.84 Å². The summed E-state index contributed by atoms with van der Waals surface area (Å²) in [4.78, 5) is 24.1. The van der Waals surface area contributed by atoms with E-state index in [-0.39, 0.29) is 31.0 Å². The summed E-state index contributed by atoms with van der Waals surface area (Å²) in [6, 6.07) is 0.0102. The van der Waals surface area contributed by atoms with Gasteiger partial charge in [-0.2, -0.15) is 0 Å². The second-order valence-corrected chi connectivity index (χ2v) is 4.27. The third-order valence-corrected chi connectivity index (χ3v) is 2.68. The fourth-order valence-electron chi connectivity index (χ4n) is 1.80. The van der Waals surface area contributed by atoms with Crippen LogP contribution in [0.5, 0.6) is 0 Å². The van der Waals surface area contributed by atoms with Crippen LogP contribution in [0.4, 0.5) is 0 Å². The first-order chi connectivity index (χ1) is 7.52. The van der Waals surface area contributed by atoms with Crippen LogP contribution in [-0.2, 0) is 14.3 Å². The van der Waals surface area contributed by atoms with Crippen LogP contribution in [0.1, 0.15) is 33.1 Å². The van der Waals surface area contributed by atoms with Crippen molar-refractivity contribution in [1.82, 2.24) is 4.90 Å². The summed E-state index contributed by atoms with van der Waals surface area (Å²) in [7, 11) is 0. The Balaban J connectivity index is 2.54. The van der Waals surface area contributed by atoms with Gasteiger partial charge in [0.1, 0.15) is 6.10 Å². The number of ether oxygens (including phenoxy) is 1. The van der Waals surface area contributed by atoms with Crippen LogP contribution in [0.2, 0.25) is 0 Å². The molecule has 1 N–H and O–H groups in total. The van der Waals surface area contributed by atoms with Gasteiger partial charge >= 0.3 is 5.97 Å². The van der Waals surface area contributed by atoms with Crippen molar-refractivity contribution >= 4 is 11.9 Å². The largest absolute Gasteiger partial charge is 0.481 e. The molecule has 1 amide bonds. The minimum absolute atomic E-state index is 0.0102. The van der Waals surface area contributed by atoms with E-state index < -0.39 is 5.97 Å². The highest BCUT2D eigenvalue weighted by Gasteiger charge is 2.29. The van der Waals surface area contributed by atoms with E-state index in [9.17, 15) is 9.59 Å². The molecule has 1 fully saturated rings. The molecular weight excluding hydrogens is 210 g/mol. The van der Waals surface area contributed by atoms with Gasteiger partial charge in [0.05, 0.1) is 6.42 Å². The number of carbonyl (C=O) groups is 2. The molecule has 1 aliphatic heterocycles. The summed E-state index contributed by atoms with van der Waals surface area (Å²) in [5, 5.41) is 8.62. The molecule has 0 aromatic heterocycles. The normalized spacial score (nSPS) is 20.1. The molecule has 1 atom stereocenters. The molecule has 1 aliphatic rings. The lowest BCUT2D eigenvalue weighted by Gasteiger charge is -2.28. The molecule has 5 heteroatoms. The molecule has 92 valence electrons. The van der Waals surface area contributed by atoms with E-state index in [1.807, 2.05) is 13.8 Å². The third kappa shape index (κ3) is 3.48. The van der Waals surface area contributed by atoms with Crippen LogP contribution in [0.25, 0.3) is 0 Å². The number of hydrogen-bond donors (Lipinski definition) is 1. The Labute approximate surface area is 95.4 Å². The van der Waals surface area contributed by atoms with Gasteiger partial charge in [-0.3, -0.25) is 9.59 Å². The van der Waals surface area contributed by atoms with Crippen molar-refractivity contribution in [3.05, 3.63) is 0 Å². The van der Waals surface area contributed by atoms with Gasteiger partial charge in [-0.05, 0) is 26.7 Å². The minimum atomic E-state index is -0.884. The zero-order valence-electron chi connectivity index (χ0n) is 9.81. The molecule has 0 saturated carbocycles. The summed E-state index contributed by atoms with van der Waals surface area (Å²) in [6.45, 7) is 4.65. The standard InChI is InChI=1S/C11H19NO4/c1-8(2)12(6-5-10(13)14)11(15)9-4-3-7-16-9/h8-9H,3-7H2,1-2H3,(H,13,14). The highest BCUT2D eigenvalue weighted by atomic mass is 16.5. The first-order valence-electron chi connectivity index (χ1n) is 5.66. The average molecular weight is 229 g/mol. The number of carbonyl (C=O) groups excluding carboxylic acids is 1. The zero-order chi connectivity index (χ0) is 12.1. The van der Waals surface area contributed by atoms with Crippen LogP contribution < -0.4 is 0 Å². The van der Waals surface area contributed by atoms with Gasteiger partial charge in [0.15, 0.2) is 0 Å². The Morgan fingerprint density at radius 2 is 2.19 bits per heavy atom. The van der Waals surface area contributed by atoms with Crippen molar-refractivity contribution in [2.45, 2.75) is 45.3 Å². The summed E-state index contributed by atoms with van der Waals surface area (Å²) in [5.41, 5.74) is 0. The number of carboxylic acids is 1. The molecule has 1 rings (SSSR count). The molecule has 0 aromatic rings. The van der Waals surface area contributed by atoms with Crippen LogP contribution in [0.15, 0.2) is 0 Å². The first kappa shape index (κ1) is 13.0. The maximum absolute atomic E-state index is 12.0. The van der Waals surface area contributed by atoms with Crippen molar-refractivity contribution < 1.29 is 19.4 Å². The van der Waals surface area contributed by atoms with Gasteiger partial charge in [-0.15, -0.1) is 0 Å². The SMILES string of the molecule is CC(C)N(CCC(=O)O)C(=O)C1CCCO1. The van der Waals surface area contributed by atoms with Gasteiger partial charge in [0, 0.05) is 19.2 Å². The van der Waals surface area contributed by atoms with Crippen molar-refractivity contribution in [3.8, 4) is 0 Å². The molecule has 16 heavy (non-hydrogen) atoms. The number of aliphatic carboxylic acids is 1. The van der Waals surface area contributed by atoms with E-state index >= 15 is 0 Å². The van der Waals surface area contributed by atoms with Gasteiger partial charge in [-0.25, -0.2) is 0 Å². The quantitative estimate of drug-likeness (QED) is 0.759. The molecule has 0 aromatic carbocycles. The van der Waals surface area contributed by atoms with E-state index in [1.165, 1.54) is 0 Å². The molecule has 0 aliphatic carbocycles. The lowest BCUT2D eigenvalue weighted by atomic mass is 10.2. The first-order valence-corrected chi connectivity index (χ1v) is 5.66. The molecule has 0 radical (unpaired) electrons. The fraction of sp³-hybridized carbons (Fsp3) is 0.818. The Hall–Kier alpha value is -1.10. The predicted octanol–water partition coefficient (Wildman–Crippen LogP) is 0.877. The Bertz CT molecular complexity index is 259. The van der Waals surface area contributed by atoms with Crippen LogP contribution in [-0.4, -0.2) is 47.2 Å². The molecule has 5 nitrogen and oxygen atoms in total. The van der Waals surface area contributed by atoms with Crippen LogP contribution in [0.3, 0.4) is 0 Å². The topological polar surface area (TPSA) is 66.8 Å². The predicted molar refractivity (Wildman–Crippen MR) is 58.1 cm³/mol. The van der Waals surface area contributed by atoms with Crippen molar-refractivity contribution in [1.29, 1.82) is 0 Å². The Kier molecular flexibility index (Phi) is 4.73. The van der Waals surface area contributed by atoms with Gasteiger partial charge in [-0.1, -0.05) is 0 Å². The second kappa shape index (κ2) is 5.84. The number of carboxylic acid groups (broad SMARTS) is 1. The number of nitrogens with zero attached hydrogens (tertiary/aromatic N) is 1. The van der Waals surface area contributed by atoms with E-state index in [2.05, 4.69) is 0 Å². The van der Waals surface area contributed by atoms with Crippen molar-refractivity contribution in [2.75, 3.05) is 13.2 Å². The molecule has 0 bridgehead atoms. The molecular formula is C11H19NO4. The smallest absolute Gasteiger partial charge is 0.305 e. The third-order valence-electron chi connectivity index (χ3n) is 2.68. The average Bonchev–Trinajstić information content (AvgIpc) is 2.69. The Morgan fingerprint density at radius 3 is 2.62 bits per heavy atom. The summed E-state index contributed by atoms with van der Waals surface area (Å²) in [5.74, 6) is -0.959. The maximum Gasteiger partial charge on any atom is 0.305 e. The number of amides is 1. The highest BCUT2D eigenvalue weighted by molar-refractivity contribution is 5.82. The number of hydrogen-bond acceptors (Lipinski definition) is 3.